The van der Waals surface area contributed by atoms with Gasteiger partial charge in [-0.15, -0.1) is 0 Å². The van der Waals surface area contributed by atoms with Crippen LogP contribution in [0, 0.1) is 0 Å². The van der Waals surface area contributed by atoms with E-state index in [-0.39, 0.29) is 49.0 Å². The van der Waals surface area contributed by atoms with Gasteiger partial charge in [-0.05, 0) is 49.1 Å². The number of carbonyl (C=O) groups excluding carboxylic acids is 2. The number of allylic oxidation sites excluding steroid dienone is 3. The zero-order valence-electron chi connectivity index (χ0n) is 22.3. The number of nitrogens with zero attached hydrogens (tertiary/aromatic N) is 1. The van der Waals surface area contributed by atoms with Gasteiger partial charge >= 0.3 is 12.1 Å². The summed E-state index contributed by atoms with van der Waals surface area (Å²) < 4.78 is 49.8. The molecule has 2 aliphatic heterocycles. The smallest absolute Gasteiger partial charge is 0.401 e. The summed E-state index contributed by atoms with van der Waals surface area (Å²) in [6.45, 7) is 0.809. The van der Waals surface area contributed by atoms with Crippen LogP contribution in [-0.4, -0.2) is 60.8 Å². The number of alkyl halides is 3. The van der Waals surface area contributed by atoms with Gasteiger partial charge in [-0.3, -0.25) is 9.69 Å². The van der Waals surface area contributed by atoms with Crippen LogP contribution in [0.15, 0.2) is 71.1 Å². The molecule has 2 N–H and O–H groups in total. The summed E-state index contributed by atoms with van der Waals surface area (Å²) in [4.78, 5) is 28.6. The number of dihydropyridines is 1. The highest BCUT2D eigenvalue weighted by Crippen LogP contribution is 2.47. The summed E-state index contributed by atoms with van der Waals surface area (Å²) in [5, 5.41) is 13.5. The predicted molar refractivity (Wildman–Crippen MR) is 141 cm³/mol. The number of phenolic OH excluding ortho intramolecular Hbond substituents is 1. The van der Waals surface area contributed by atoms with Crippen molar-refractivity contribution in [1.82, 2.24) is 10.2 Å². The second kappa shape index (κ2) is 11.0. The zero-order chi connectivity index (χ0) is 28.6. The number of methoxy groups -OCH3 is 1. The van der Waals surface area contributed by atoms with Crippen LogP contribution in [-0.2, 0) is 14.3 Å². The maximum absolute atomic E-state index is 13.8. The van der Waals surface area contributed by atoms with E-state index in [0.717, 1.165) is 5.56 Å². The fourth-order valence-corrected chi connectivity index (χ4v) is 6.08. The minimum Gasteiger partial charge on any atom is -0.508 e. The molecule has 1 aliphatic carbocycles. The standard InChI is InChI=1S/C30H31F3N2O5/c1-17-26(29(38)40-21-10-11-35(15-21)16-30(31,32)33)27(18-6-5-7-20(36)12-18)28-23(34-17)13-19(14-24(28)37)22-8-3-4-9-25(22)39-2/h3-9,12,19,21,27,34,36H,10-11,13-16H2,1-2H3/t19-,21+,27-/m1/s1. The number of Topliss-reactive ketones (excluding diaryl/α,β-unsaturated/α-hetero) is 1. The molecule has 3 atom stereocenters. The molecule has 7 nitrogen and oxygen atoms in total. The Bertz CT molecular complexity index is 1380. The van der Waals surface area contributed by atoms with Crippen molar-refractivity contribution in [1.29, 1.82) is 0 Å². The van der Waals surface area contributed by atoms with E-state index in [1.54, 1.807) is 26.2 Å². The van der Waals surface area contributed by atoms with Gasteiger partial charge in [-0.25, -0.2) is 4.79 Å². The third-order valence-corrected chi connectivity index (χ3v) is 7.74. The number of carbonyl (C=O) groups is 2. The molecule has 1 saturated heterocycles. The maximum atomic E-state index is 13.8. The number of rotatable bonds is 6. The lowest BCUT2D eigenvalue weighted by Gasteiger charge is -2.37. The summed E-state index contributed by atoms with van der Waals surface area (Å²) in [5.41, 5.74) is 3.29. The van der Waals surface area contributed by atoms with Crippen molar-refractivity contribution < 1.29 is 37.3 Å². The minimum atomic E-state index is -4.34. The predicted octanol–water partition coefficient (Wildman–Crippen LogP) is 4.94. The molecule has 0 amide bonds. The molecule has 2 aromatic carbocycles. The molecule has 10 heteroatoms. The lowest BCUT2D eigenvalue weighted by atomic mass is 9.71. The highest BCUT2D eigenvalue weighted by atomic mass is 19.4. The van der Waals surface area contributed by atoms with Gasteiger partial charge in [0.2, 0.25) is 0 Å². The molecule has 40 heavy (non-hydrogen) atoms. The Morgan fingerprint density at radius 1 is 1.15 bits per heavy atom. The van der Waals surface area contributed by atoms with E-state index in [9.17, 15) is 27.9 Å². The van der Waals surface area contributed by atoms with Crippen LogP contribution in [0.1, 0.15) is 49.1 Å². The van der Waals surface area contributed by atoms with Crippen molar-refractivity contribution in [3.63, 3.8) is 0 Å². The minimum absolute atomic E-state index is 0.0164. The summed E-state index contributed by atoms with van der Waals surface area (Å²) >= 11 is 0. The molecular weight excluding hydrogens is 525 g/mol. The summed E-state index contributed by atoms with van der Waals surface area (Å²) in [7, 11) is 1.59. The fraction of sp³-hybridized carbons (Fsp3) is 0.400. The average Bonchev–Trinajstić information content (AvgIpc) is 3.32. The zero-order valence-corrected chi connectivity index (χ0v) is 22.3. The molecule has 0 radical (unpaired) electrons. The molecule has 0 aromatic heterocycles. The van der Waals surface area contributed by atoms with Crippen LogP contribution in [0.2, 0.25) is 0 Å². The van der Waals surface area contributed by atoms with E-state index in [1.165, 1.54) is 17.0 Å². The van der Waals surface area contributed by atoms with Gasteiger partial charge in [0.05, 0.1) is 19.2 Å². The van der Waals surface area contributed by atoms with E-state index in [2.05, 4.69) is 5.32 Å². The van der Waals surface area contributed by atoms with E-state index in [1.807, 2.05) is 24.3 Å². The first-order valence-electron chi connectivity index (χ1n) is 13.2. The third-order valence-electron chi connectivity index (χ3n) is 7.74. The number of hydrogen-bond donors (Lipinski definition) is 2. The Hall–Kier alpha value is -3.79. The Morgan fingerprint density at radius 2 is 1.93 bits per heavy atom. The Kier molecular flexibility index (Phi) is 7.63. The van der Waals surface area contributed by atoms with Crippen molar-refractivity contribution in [3.8, 4) is 11.5 Å². The number of hydrogen-bond acceptors (Lipinski definition) is 7. The Balaban J connectivity index is 1.46. The van der Waals surface area contributed by atoms with Crippen LogP contribution in [0.5, 0.6) is 11.5 Å². The second-order valence-corrected chi connectivity index (χ2v) is 10.5. The van der Waals surface area contributed by atoms with Crippen molar-refractivity contribution >= 4 is 11.8 Å². The molecule has 0 saturated carbocycles. The number of halogens is 3. The molecule has 2 heterocycles. The monoisotopic (exact) mass is 556 g/mol. The van der Waals surface area contributed by atoms with E-state index < -0.39 is 30.7 Å². The number of aromatic hydroxyl groups is 1. The second-order valence-electron chi connectivity index (χ2n) is 10.5. The van der Waals surface area contributed by atoms with E-state index in [0.29, 0.717) is 34.7 Å². The normalized spacial score (nSPS) is 23.6. The van der Waals surface area contributed by atoms with Crippen LogP contribution < -0.4 is 10.1 Å². The first-order valence-corrected chi connectivity index (χ1v) is 13.2. The largest absolute Gasteiger partial charge is 0.508 e. The Morgan fingerprint density at radius 3 is 2.65 bits per heavy atom. The SMILES string of the molecule is COc1ccccc1[C@H]1CC(=O)C2=C(C1)NC(C)=C(C(=O)O[C@H]1CCN(CC(F)(F)F)C1)[C@H]2c1cccc(O)c1. The summed E-state index contributed by atoms with van der Waals surface area (Å²) in [6.07, 6.45) is -4.05. The summed E-state index contributed by atoms with van der Waals surface area (Å²) in [6, 6.07) is 14.0. The number of para-hydroxylation sites is 1. The van der Waals surface area contributed by atoms with Gasteiger partial charge in [-0.2, -0.15) is 13.2 Å². The van der Waals surface area contributed by atoms with Gasteiger partial charge in [0.15, 0.2) is 5.78 Å². The molecule has 5 rings (SSSR count). The average molecular weight is 557 g/mol. The molecule has 0 spiro atoms. The molecular formula is C30H31F3N2O5. The van der Waals surface area contributed by atoms with E-state index >= 15 is 0 Å². The first kappa shape index (κ1) is 27.8. The molecule has 3 aliphatic rings. The van der Waals surface area contributed by atoms with Crippen LogP contribution in [0.3, 0.4) is 0 Å². The third kappa shape index (κ3) is 5.72. The molecule has 0 unspecified atom stereocenters. The topological polar surface area (TPSA) is 88.1 Å². The van der Waals surface area contributed by atoms with E-state index in [4.69, 9.17) is 9.47 Å². The van der Waals surface area contributed by atoms with Crippen LogP contribution >= 0.6 is 0 Å². The highest BCUT2D eigenvalue weighted by molar-refractivity contribution is 6.04. The Labute approximate surface area is 230 Å². The summed E-state index contributed by atoms with van der Waals surface area (Å²) in [5.74, 6) is -1.10. The molecule has 1 fully saturated rings. The van der Waals surface area contributed by atoms with Crippen molar-refractivity contribution in [2.75, 3.05) is 26.7 Å². The van der Waals surface area contributed by atoms with Gasteiger partial charge in [0, 0.05) is 48.3 Å². The number of ketones is 1. The van der Waals surface area contributed by atoms with Crippen molar-refractivity contribution in [2.24, 2.45) is 0 Å². The molecule has 2 aromatic rings. The number of likely N-dealkylation sites (tertiary alicyclic amines) is 1. The lowest BCUT2D eigenvalue weighted by molar-refractivity contribution is -0.148. The molecule has 0 bridgehead atoms. The van der Waals surface area contributed by atoms with Gasteiger partial charge in [-0.1, -0.05) is 30.3 Å². The van der Waals surface area contributed by atoms with Gasteiger partial charge in [0.1, 0.15) is 17.6 Å². The lowest BCUT2D eigenvalue weighted by Crippen LogP contribution is -2.37. The quantitative estimate of drug-likeness (QED) is 0.488. The van der Waals surface area contributed by atoms with Gasteiger partial charge < -0.3 is 19.9 Å². The first-order chi connectivity index (χ1) is 19.0. The van der Waals surface area contributed by atoms with Gasteiger partial charge in [0.25, 0.3) is 0 Å². The fourth-order valence-electron chi connectivity index (χ4n) is 6.08. The molecule has 212 valence electrons. The van der Waals surface area contributed by atoms with Crippen molar-refractivity contribution in [3.05, 3.63) is 82.2 Å². The number of phenols is 1. The maximum Gasteiger partial charge on any atom is 0.401 e. The number of nitrogens with one attached hydrogen (secondary N) is 1. The highest BCUT2D eigenvalue weighted by Gasteiger charge is 2.43. The number of benzene rings is 2. The number of ether oxygens (including phenoxy) is 2. The van der Waals surface area contributed by atoms with Crippen LogP contribution in [0.4, 0.5) is 13.2 Å². The van der Waals surface area contributed by atoms with Crippen molar-refractivity contribution in [2.45, 2.75) is 50.3 Å². The number of esters is 1. The van der Waals surface area contributed by atoms with Crippen LogP contribution in [0.25, 0.3) is 0 Å².